The Morgan fingerprint density at radius 1 is 0.318 bits per heavy atom. The lowest BCUT2D eigenvalue weighted by molar-refractivity contribution is 0.664. The SMILES string of the molecule is c1ccc(-c2ccc3oc4cc5c(cc4c3c2)oc2ccc(-c3cc(-c4ccccc4)nc(-c4ccccc4)n3)cc25)cc1. The molecule has 0 aliphatic heterocycles. The van der Waals surface area contributed by atoms with Crippen molar-refractivity contribution in [1.29, 1.82) is 0 Å². The van der Waals surface area contributed by atoms with Gasteiger partial charge in [-0.05, 0) is 59.7 Å². The number of fused-ring (bicyclic) bond motifs is 6. The van der Waals surface area contributed by atoms with Crippen LogP contribution in [0.1, 0.15) is 0 Å². The van der Waals surface area contributed by atoms with E-state index in [0.717, 1.165) is 77.5 Å². The van der Waals surface area contributed by atoms with Crippen LogP contribution in [0.15, 0.2) is 154 Å². The van der Waals surface area contributed by atoms with Crippen LogP contribution in [0.3, 0.4) is 0 Å². The van der Waals surface area contributed by atoms with E-state index in [2.05, 4.69) is 84.9 Å². The maximum atomic E-state index is 6.40. The lowest BCUT2D eigenvalue weighted by Crippen LogP contribution is -1.95. The van der Waals surface area contributed by atoms with Gasteiger partial charge >= 0.3 is 0 Å². The lowest BCUT2D eigenvalue weighted by atomic mass is 10.0. The Hall–Kier alpha value is -6.00. The number of furan rings is 2. The van der Waals surface area contributed by atoms with Gasteiger partial charge in [0.1, 0.15) is 22.3 Å². The van der Waals surface area contributed by atoms with Gasteiger partial charge in [0.05, 0.1) is 11.4 Å². The van der Waals surface area contributed by atoms with Crippen LogP contribution in [-0.4, -0.2) is 9.97 Å². The molecule has 0 radical (unpaired) electrons. The van der Waals surface area contributed by atoms with Gasteiger partial charge in [-0.25, -0.2) is 9.97 Å². The molecule has 0 aliphatic rings. The molecule has 0 aliphatic carbocycles. The van der Waals surface area contributed by atoms with E-state index < -0.39 is 0 Å². The van der Waals surface area contributed by atoms with E-state index in [1.54, 1.807) is 0 Å². The fraction of sp³-hybridized carbons (Fsp3) is 0. The summed E-state index contributed by atoms with van der Waals surface area (Å²) in [5.74, 6) is 0.693. The Balaban J connectivity index is 1.21. The second-order valence-corrected chi connectivity index (χ2v) is 11.0. The molecule has 0 saturated carbocycles. The molecule has 0 bridgehead atoms. The second kappa shape index (κ2) is 9.79. The van der Waals surface area contributed by atoms with Crippen molar-refractivity contribution in [3.63, 3.8) is 0 Å². The van der Waals surface area contributed by atoms with Gasteiger partial charge in [-0.2, -0.15) is 0 Å². The summed E-state index contributed by atoms with van der Waals surface area (Å²) in [4.78, 5) is 9.96. The van der Waals surface area contributed by atoms with Crippen molar-refractivity contribution in [3.05, 3.63) is 146 Å². The van der Waals surface area contributed by atoms with Gasteiger partial charge in [-0.15, -0.1) is 0 Å². The molecule has 0 atom stereocenters. The summed E-state index contributed by atoms with van der Waals surface area (Å²) in [6, 6.07) is 49.7. The minimum atomic E-state index is 0.693. The molecule has 0 fully saturated rings. The minimum absolute atomic E-state index is 0.693. The first-order valence-electron chi connectivity index (χ1n) is 14.7. The molecule has 206 valence electrons. The highest BCUT2D eigenvalue weighted by molar-refractivity contribution is 6.15. The van der Waals surface area contributed by atoms with E-state index in [4.69, 9.17) is 18.8 Å². The summed E-state index contributed by atoms with van der Waals surface area (Å²) in [6.07, 6.45) is 0. The van der Waals surface area contributed by atoms with Crippen LogP contribution >= 0.6 is 0 Å². The van der Waals surface area contributed by atoms with Crippen molar-refractivity contribution < 1.29 is 8.83 Å². The van der Waals surface area contributed by atoms with Crippen LogP contribution in [0.25, 0.3) is 88.9 Å². The second-order valence-electron chi connectivity index (χ2n) is 11.0. The third-order valence-corrected chi connectivity index (χ3v) is 8.29. The van der Waals surface area contributed by atoms with Gasteiger partial charge in [0, 0.05) is 38.2 Å². The largest absolute Gasteiger partial charge is 0.456 e. The molecular formula is C40H24N2O2. The summed E-state index contributed by atoms with van der Waals surface area (Å²) in [6.45, 7) is 0. The topological polar surface area (TPSA) is 52.1 Å². The van der Waals surface area contributed by atoms with Crippen molar-refractivity contribution in [2.75, 3.05) is 0 Å². The first-order valence-corrected chi connectivity index (χ1v) is 14.7. The fourth-order valence-electron chi connectivity index (χ4n) is 6.08. The first kappa shape index (κ1) is 24.6. The van der Waals surface area contributed by atoms with Crippen LogP contribution in [0, 0.1) is 0 Å². The highest BCUT2D eigenvalue weighted by atomic mass is 16.3. The Bertz CT molecular complexity index is 2420. The number of hydrogen-bond acceptors (Lipinski definition) is 4. The third-order valence-electron chi connectivity index (χ3n) is 8.29. The molecule has 0 spiro atoms. The van der Waals surface area contributed by atoms with Gasteiger partial charge in [-0.1, -0.05) is 97.1 Å². The Morgan fingerprint density at radius 3 is 1.36 bits per heavy atom. The van der Waals surface area contributed by atoms with E-state index >= 15 is 0 Å². The van der Waals surface area contributed by atoms with E-state index in [9.17, 15) is 0 Å². The molecule has 3 aromatic heterocycles. The number of benzene rings is 6. The lowest BCUT2D eigenvalue weighted by Gasteiger charge is -2.09. The van der Waals surface area contributed by atoms with Gasteiger partial charge in [0.2, 0.25) is 0 Å². The molecule has 4 heteroatoms. The summed E-state index contributed by atoms with van der Waals surface area (Å²) >= 11 is 0. The maximum Gasteiger partial charge on any atom is 0.160 e. The molecule has 9 rings (SSSR count). The van der Waals surface area contributed by atoms with Crippen molar-refractivity contribution in [2.24, 2.45) is 0 Å². The van der Waals surface area contributed by atoms with Crippen LogP contribution in [0.5, 0.6) is 0 Å². The monoisotopic (exact) mass is 564 g/mol. The highest BCUT2D eigenvalue weighted by Gasteiger charge is 2.16. The minimum Gasteiger partial charge on any atom is -0.456 e. The van der Waals surface area contributed by atoms with Crippen molar-refractivity contribution in [3.8, 4) is 45.0 Å². The van der Waals surface area contributed by atoms with Crippen molar-refractivity contribution in [2.45, 2.75) is 0 Å². The first-order chi connectivity index (χ1) is 21.8. The van der Waals surface area contributed by atoms with E-state index in [0.29, 0.717) is 5.82 Å². The number of hydrogen-bond donors (Lipinski definition) is 0. The predicted molar refractivity (Wildman–Crippen MR) is 178 cm³/mol. The molecule has 0 unspecified atom stereocenters. The summed E-state index contributed by atoms with van der Waals surface area (Å²) in [7, 11) is 0. The molecule has 44 heavy (non-hydrogen) atoms. The Labute approximate surface area is 252 Å². The van der Waals surface area contributed by atoms with E-state index in [1.165, 1.54) is 5.56 Å². The van der Waals surface area contributed by atoms with Crippen LogP contribution in [-0.2, 0) is 0 Å². The zero-order valence-corrected chi connectivity index (χ0v) is 23.6. The third kappa shape index (κ3) is 4.08. The molecule has 0 amide bonds. The highest BCUT2D eigenvalue weighted by Crippen LogP contribution is 2.39. The standard InChI is InChI=1S/C40H24N2O2/c1-4-10-25(11-5-1)28-16-18-36-30(20-28)32-22-39-33(23-38(32)43-36)31-21-29(17-19-37(31)44-39)35-24-34(26-12-6-2-7-13-26)41-40(42-35)27-14-8-3-9-15-27/h1-24H. The molecule has 3 heterocycles. The number of aromatic nitrogens is 2. The normalized spacial score (nSPS) is 11.6. The van der Waals surface area contributed by atoms with Gasteiger partial charge in [0.15, 0.2) is 5.82 Å². The quantitative estimate of drug-likeness (QED) is 0.213. The molecule has 0 N–H and O–H groups in total. The average Bonchev–Trinajstić information content (AvgIpc) is 3.64. The molecular weight excluding hydrogens is 540 g/mol. The fourth-order valence-corrected chi connectivity index (χ4v) is 6.08. The Kier molecular flexibility index (Phi) is 5.47. The van der Waals surface area contributed by atoms with Crippen molar-refractivity contribution >= 4 is 43.9 Å². The molecule has 4 nitrogen and oxygen atoms in total. The van der Waals surface area contributed by atoms with E-state index in [-0.39, 0.29) is 0 Å². The zero-order valence-electron chi connectivity index (χ0n) is 23.6. The summed E-state index contributed by atoms with van der Waals surface area (Å²) < 4.78 is 12.7. The number of nitrogens with zero attached hydrogens (tertiary/aromatic N) is 2. The number of rotatable bonds is 4. The van der Waals surface area contributed by atoms with Crippen LogP contribution in [0.4, 0.5) is 0 Å². The Morgan fingerprint density at radius 2 is 0.773 bits per heavy atom. The van der Waals surface area contributed by atoms with Gasteiger partial charge in [-0.3, -0.25) is 0 Å². The summed E-state index contributed by atoms with van der Waals surface area (Å²) in [5, 5.41) is 4.15. The summed E-state index contributed by atoms with van der Waals surface area (Å²) in [5.41, 5.74) is 10.4. The van der Waals surface area contributed by atoms with Crippen LogP contribution < -0.4 is 0 Å². The van der Waals surface area contributed by atoms with Crippen LogP contribution in [0.2, 0.25) is 0 Å². The maximum absolute atomic E-state index is 6.40. The van der Waals surface area contributed by atoms with Crippen molar-refractivity contribution in [1.82, 2.24) is 9.97 Å². The smallest absolute Gasteiger partial charge is 0.160 e. The zero-order chi connectivity index (χ0) is 29.0. The molecule has 0 saturated heterocycles. The van der Waals surface area contributed by atoms with Gasteiger partial charge in [0.25, 0.3) is 0 Å². The average molecular weight is 565 g/mol. The van der Waals surface area contributed by atoms with E-state index in [1.807, 2.05) is 60.7 Å². The van der Waals surface area contributed by atoms with Gasteiger partial charge < -0.3 is 8.83 Å². The predicted octanol–water partition coefficient (Wildman–Crippen LogP) is 10.9. The molecule has 6 aromatic carbocycles. The molecule has 9 aromatic rings.